The summed E-state index contributed by atoms with van der Waals surface area (Å²) in [5.74, 6) is 0.637. The largest absolute Gasteiger partial charge is 0.0804 e. The molecule has 1 aliphatic rings. The maximum atomic E-state index is 2.35. The zero-order valence-electron chi connectivity index (χ0n) is 8.38. The average Bonchev–Trinajstić information content (AvgIpc) is 2.02. The van der Waals surface area contributed by atoms with Gasteiger partial charge in [0.15, 0.2) is 0 Å². The van der Waals surface area contributed by atoms with Crippen molar-refractivity contribution in [3.63, 3.8) is 0 Å². The van der Waals surface area contributed by atoms with Gasteiger partial charge in [-0.25, -0.2) is 0 Å². The van der Waals surface area contributed by atoms with Crippen LogP contribution in [0.1, 0.15) is 43.7 Å². The van der Waals surface area contributed by atoms with Crippen LogP contribution in [-0.4, -0.2) is 0 Å². The van der Waals surface area contributed by atoms with Gasteiger partial charge >= 0.3 is 0 Å². The van der Waals surface area contributed by atoms with Gasteiger partial charge in [-0.15, -0.1) is 0 Å². The molecule has 0 bridgehead atoms. The van der Waals surface area contributed by atoms with Crippen LogP contribution in [0.5, 0.6) is 0 Å². The van der Waals surface area contributed by atoms with Crippen molar-refractivity contribution in [2.24, 2.45) is 0 Å². The lowest BCUT2D eigenvalue weighted by Crippen LogP contribution is -1.99. The summed E-state index contributed by atoms with van der Waals surface area (Å²) < 4.78 is 0. The second kappa shape index (κ2) is 3.37. The van der Waals surface area contributed by atoms with Crippen LogP contribution in [0.2, 0.25) is 0 Å². The van der Waals surface area contributed by atoms with Crippen LogP contribution < -0.4 is 0 Å². The monoisotopic (exact) mass is 172 g/mol. The summed E-state index contributed by atoms with van der Waals surface area (Å²) in [5.41, 5.74) is 4.52. The first-order valence-corrected chi connectivity index (χ1v) is 5.07. The van der Waals surface area contributed by atoms with E-state index >= 15 is 0 Å². The average molecular weight is 172 g/mol. The molecule has 0 spiro atoms. The van der Waals surface area contributed by atoms with Crippen LogP contribution in [0.4, 0.5) is 0 Å². The third kappa shape index (κ3) is 1.53. The second-order valence-electron chi connectivity index (χ2n) is 4.01. The van der Waals surface area contributed by atoms with Crippen LogP contribution in [0.15, 0.2) is 30.3 Å². The molecule has 0 heterocycles. The third-order valence-corrected chi connectivity index (χ3v) is 2.73. The minimum absolute atomic E-state index is 0.637. The highest BCUT2D eigenvalue weighted by atomic mass is 14.2. The molecule has 0 aliphatic heterocycles. The smallest absolute Gasteiger partial charge is 0.0193 e. The number of benzene rings is 1. The fraction of sp³-hybridized carbons (Fsp3) is 0.385. The standard InChI is InChI=1S/C13H16/c1-10(2)12-8-3-4-9-13(12)11-6-5-7-11/h3-4,6,8-10H,5,7H2,1-2H3. The minimum Gasteiger partial charge on any atom is -0.0804 e. The second-order valence-corrected chi connectivity index (χ2v) is 4.01. The molecule has 68 valence electrons. The molecule has 0 amide bonds. The zero-order valence-corrected chi connectivity index (χ0v) is 8.38. The van der Waals surface area contributed by atoms with Gasteiger partial charge in [-0.2, -0.15) is 0 Å². The Hall–Kier alpha value is -1.04. The van der Waals surface area contributed by atoms with Crippen molar-refractivity contribution in [2.75, 3.05) is 0 Å². The molecule has 0 radical (unpaired) electrons. The summed E-state index contributed by atoms with van der Waals surface area (Å²) in [7, 11) is 0. The van der Waals surface area contributed by atoms with E-state index in [2.05, 4.69) is 44.2 Å². The van der Waals surface area contributed by atoms with Crippen LogP contribution in [-0.2, 0) is 0 Å². The van der Waals surface area contributed by atoms with E-state index in [0.29, 0.717) is 5.92 Å². The Bertz CT molecular complexity index is 332. The van der Waals surface area contributed by atoms with Gasteiger partial charge in [-0.1, -0.05) is 44.2 Å². The van der Waals surface area contributed by atoms with Gasteiger partial charge in [-0.3, -0.25) is 0 Å². The van der Waals surface area contributed by atoms with Crippen molar-refractivity contribution in [1.29, 1.82) is 0 Å². The number of rotatable bonds is 2. The Morgan fingerprint density at radius 2 is 1.85 bits per heavy atom. The number of allylic oxidation sites excluding steroid dienone is 2. The first-order chi connectivity index (χ1) is 6.29. The van der Waals surface area contributed by atoms with E-state index in [0.717, 1.165) is 0 Å². The Kier molecular flexibility index (Phi) is 2.22. The van der Waals surface area contributed by atoms with Crippen LogP contribution in [0.3, 0.4) is 0 Å². The summed E-state index contributed by atoms with van der Waals surface area (Å²) in [4.78, 5) is 0. The molecule has 0 unspecified atom stereocenters. The van der Waals surface area contributed by atoms with Gasteiger partial charge in [-0.05, 0) is 35.5 Å². The molecule has 1 aromatic carbocycles. The van der Waals surface area contributed by atoms with E-state index in [4.69, 9.17) is 0 Å². The first kappa shape index (κ1) is 8.55. The van der Waals surface area contributed by atoms with Gasteiger partial charge < -0.3 is 0 Å². The van der Waals surface area contributed by atoms with Gasteiger partial charge in [0, 0.05) is 0 Å². The number of hydrogen-bond donors (Lipinski definition) is 0. The maximum Gasteiger partial charge on any atom is -0.0193 e. The lowest BCUT2D eigenvalue weighted by atomic mass is 9.86. The molecule has 0 heteroatoms. The van der Waals surface area contributed by atoms with Crippen LogP contribution in [0.25, 0.3) is 5.57 Å². The quantitative estimate of drug-likeness (QED) is 0.632. The van der Waals surface area contributed by atoms with Crippen molar-refractivity contribution in [3.05, 3.63) is 41.5 Å². The highest BCUT2D eigenvalue weighted by Crippen LogP contribution is 2.33. The molecule has 1 aliphatic carbocycles. The predicted molar refractivity (Wildman–Crippen MR) is 57.7 cm³/mol. The van der Waals surface area contributed by atoms with Gasteiger partial charge in [0.2, 0.25) is 0 Å². The Labute approximate surface area is 80.3 Å². The van der Waals surface area contributed by atoms with Crippen LogP contribution in [0, 0.1) is 0 Å². The van der Waals surface area contributed by atoms with E-state index in [1.165, 1.54) is 24.0 Å². The molecule has 1 aromatic rings. The lowest BCUT2D eigenvalue weighted by molar-refractivity contribution is 0.855. The van der Waals surface area contributed by atoms with E-state index in [1.807, 2.05) is 0 Å². The summed E-state index contributed by atoms with van der Waals surface area (Å²) in [5, 5.41) is 0. The fourth-order valence-corrected chi connectivity index (χ4v) is 1.83. The normalized spacial score (nSPS) is 15.5. The lowest BCUT2D eigenvalue weighted by Gasteiger charge is -2.19. The Balaban J connectivity index is 2.43. The van der Waals surface area contributed by atoms with Crippen molar-refractivity contribution >= 4 is 5.57 Å². The molecule has 0 nitrogen and oxygen atoms in total. The highest BCUT2D eigenvalue weighted by molar-refractivity contribution is 5.72. The van der Waals surface area contributed by atoms with Gasteiger partial charge in [0.1, 0.15) is 0 Å². The minimum atomic E-state index is 0.637. The third-order valence-electron chi connectivity index (χ3n) is 2.73. The zero-order chi connectivity index (χ0) is 9.26. The topological polar surface area (TPSA) is 0 Å². The first-order valence-electron chi connectivity index (χ1n) is 5.07. The fourth-order valence-electron chi connectivity index (χ4n) is 1.83. The highest BCUT2D eigenvalue weighted by Gasteiger charge is 2.13. The molecule has 0 atom stereocenters. The molecular formula is C13H16. The molecule has 2 rings (SSSR count). The van der Waals surface area contributed by atoms with Gasteiger partial charge in [0.05, 0.1) is 0 Å². The molecule has 0 N–H and O–H groups in total. The molecule has 0 fully saturated rings. The molecule has 0 aromatic heterocycles. The summed E-state index contributed by atoms with van der Waals surface area (Å²) >= 11 is 0. The maximum absolute atomic E-state index is 2.35. The van der Waals surface area contributed by atoms with E-state index < -0.39 is 0 Å². The predicted octanol–water partition coefficient (Wildman–Crippen LogP) is 3.99. The van der Waals surface area contributed by atoms with Crippen molar-refractivity contribution < 1.29 is 0 Å². The van der Waals surface area contributed by atoms with Gasteiger partial charge in [0.25, 0.3) is 0 Å². The van der Waals surface area contributed by atoms with Crippen molar-refractivity contribution in [2.45, 2.75) is 32.6 Å². The van der Waals surface area contributed by atoms with Crippen LogP contribution >= 0.6 is 0 Å². The molecule has 13 heavy (non-hydrogen) atoms. The Morgan fingerprint density at radius 1 is 1.15 bits per heavy atom. The SMILES string of the molecule is CC(C)c1ccccc1C1=CCC1. The summed E-state index contributed by atoms with van der Waals surface area (Å²) in [6.45, 7) is 4.52. The van der Waals surface area contributed by atoms with Crippen molar-refractivity contribution in [1.82, 2.24) is 0 Å². The van der Waals surface area contributed by atoms with E-state index in [9.17, 15) is 0 Å². The number of hydrogen-bond acceptors (Lipinski definition) is 0. The molecular weight excluding hydrogens is 156 g/mol. The molecule has 0 saturated carbocycles. The summed E-state index contributed by atoms with van der Waals surface area (Å²) in [6, 6.07) is 8.78. The van der Waals surface area contributed by atoms with E-state index in [-0.39, 0.29) is 0 Å². The molecule has 0 saturated heterocycles. The van der Waals surface area contributed by atoms with E-state index in [1.54, 1.807) is 5.57 Å². The Morgan fingerprint density at radius 3 is 2.38 bits per heavy atom. The van der Waals surface area contributed by atoms with Crippen molar-refractivity contribution in [3.8, 4) is 0 Å². The summed E-state index contributed by atoms with van der Waals surface area (Å²) in [6.07, 6.45) is 4.88.